The van der Waals surface area contributed by atoms with Crippen molar-refractivity contribution in [1.82, 2.24) is 10.2 Å². The van der Waals surface area contributed by atoms with Crippen LogP contribution in [0, 0.1) is 10.1 Å². The molecular formula is C21H25N3O4. The van der Waals surface area contributed by atoms with Crippen LogP contribution in [-0.2, 0) is 0 Å². The van der Waals surface area contributed by atoms with Gasteiger partial charge in [0.25, 0.3) is 11.6 Å². The zero-order valence-electron chi connectivity index (χ0n) is 15.8. The van der Waals surface area contributed by atoms with E-state index in [9.17, 15) is 14.9 Å². The minimum Gasteiger partial charge on any atom is -0.457 e. The maximum Gasteiger partial charge on any atom is 0.273 e. The van der Waals surface area contributed by atoms with Gasteiger partial charge in [-0.1, -0.05) is 12.5 Å². The second-order valence-electron chi connectivity index (χ2n) is 6.89. The molecule has 0 unspecified atom stereocenters. The molecule has 0 spiro atoms. The van der Waals surface area contributed by atoms with Gasteiger partial charge >= 0.3 is 0 Å². The van der Waals surface area contributed by atoms with Gasteiger partial charge in [-0.2, -0.15) is 0 Å². The highest BCUT2D eigenvalue weighted by molar-refractivity contribution is 5.94. The van der Waals surface area contributed by atoms with E-state index in [1.54, 1.807) is 36.4 Å². The zero-order valence-corrected chi connectivity index (χ0v) is 15.8. The number of piperidine rings is 1. The fourth-order valence-corrected chi connectivity index (χ4v) is 3.26. The first-order valence-electron chi connectivity index (χ1n) is 9.65. The van der Waals surface area contributed by atoms with Gasteiger partial charge in [-0.05, 0) is 69.2 Å². The fourth-order valence-electron chi connectivity index (χ4n) is 3.26. The van der Waals surface area contributed by atoms with Crippen LogP contribution in [0.4, 0.5) is 5.69 Å². The molecule has 1 N–H and O–H groups in total. The number of nitrogens with zero attached hydrogens (tertiary/aromatic N) is 2. The molecule has 7 nitrogen and oxygen atoms in total. The summed E-state index contributed by atoms with van der Waals surface area (Å²) in [4.78, 5) is 25.1. The standard InChI is InChI=1S/C21H25N3O4/c25-21(22-12-5-15-23-13-2-1-3-14-23)17-8-10-19(11-9-17)28-20-7-4-6-18(16-20)24(26)27/h4,6-11,16H,1-3,5,12-15H2,(H,22,25). The summed E-state index contributed by atoms with van der Waals surface area (Å²) in [6, 6.07) is 12.7. The van der Waals surface area contributed by atoms with Crippen molar-refractivity contribution in [3.63, 3.8) is 0 Å². The number of likely N-dealkylation sites (tertiary alicyclic amines) is 1. The summed E-state index contributed by atoms with van der Waals surface area (Å²) in [6.45, 7) is 4.01. The number of carbonyl (C=O) groups is 1. The average molecular weight is 383 g/mol. The van der Waals surface area contributed by atoms with Crippen LogP contribution >= 0.6 is 0 Å². The van der Waals surface area contributed by atoms with Gasteiger partial charge in [0.1, 0.15) is 11.5 Å². The molecule has 0 aliphatic carbocycles. The Balaban J connectivity index is 1.46. The van der Waals surface area contributed by atoms with Crippen molar-refractivity contribution in [2.45, 2.75) is 25.7 Å². The van der Waals surface area contributed by atoms with Crippen LogP contribution in [0.5, 0.6) is 11.5 Å². The van der Waals surface area contributed by atoms with Crippen LogP contribution in [0.15, 0.2) is 48.5 Å². The van der Waals surface area contributed by atoms with Crippen LogP contribution < -0.4 is 10.1 Å². The molecule has 148 valence electrons. The van der Waals surface area contributed by atoms with E-state index in [1.165, 1.54) is 44.5 Å². The van der Waals surface area contributed by atoms with Gasteiger partial charge in [0, 0.05) is 18.2 Å². The van der Waals surface area contributed by atoms with Gasteiger partial charge in [-0.25, -0.2) is 0 Å². The molecule has 1 saturated heterocycles. The van der Waals surface area contributed by atoms with Crippen LogP contribution in [0.3, 0.4) is 0 Å². The number of nitro benzene ring substituents is 1. The summed E-state index contributed by atoms with van der Waals surface area (Å²) in [5, 5.41) is 13.8. The lowest BCUT2D eigenvalue weighted by molar-refractivity contribution is -0.384. The van der Waals surface area contributed by atoms with Crippen molar-refractivity contribution in [2.75, 3.05) is 26.2 Å². The molecule has 2 aromatic rings. The molecule has 1 fully saturated rings. The van der Waals surface area contributed by atoms with Gasteiger partial charge in [0.2, 0.25) is 0 Å². The number of nitro groups is 1. The van der Waals surface area contributed by atoms with Gasteiger partial charge in [-0.15, -0.1) is 0 Å². The van der Waals surface area contributed by atoms with Crippen molar-refractivity contribution in [3.8, 4) is 11.5 Å². The first kappa shape index (κ1) is 19.8. The summed E-state index contributed by atoms with van der Waals surface area (Å²) in [6.07, 6.45) is 4.82. The minimum absolute atomic E-state index is 0.0296. The second-order valence-corrected chi connectivity index (χ2v) is 6.89. The Bertz CT molecular complexity index is 802. The lowest BCUT2D eigenvalue weighted by Gasteiger charge is -2.26. The maximum atomic E-state index is 12.2. The Morgan fingerprint density at radius 3 is 2.54 bits per heavy atom. The lowest BCUT2D eigenvalue weighted by Crippen LogP contribution is -2.33. The third-order valence-corrected chi connectivity index (χ3v) is 4.77. The number of carbonyl (C=O) groups excluding carboxylic acids is 1. The van der Waals surface area contributed by atoms with Crippen LogP contribution in [-0.4, -0.2) is 41.9 Å². The molecule has 0 radical (unpaired) electrons. The summed E-state index contributed by atoms with van der Waals surface area (Å²) in [5.41, 5.74) is 0.530. The normalized spacial score (nSPS) is 14.4. The van der Waals surface area contributed by atoms with Gasteiger partial charge < -0.3 is 15.0 Å². The summed E-state index contributed by atoms with van der Waals surface area (Å²) >= 11 is 0. The molecule has 7 heteroatoms. The number of hydrogen-bond acceptors (Lipinski definition) is 5. The molecule has 0 aromatic heterocycles. The Kier molecular flexibility index (Phi) is 6.97. The highest BCUT2D eigenvalue weighted by Crippen LogP contribution is 2.25. The molecule has 2 aromatic carbocycles. The monoisotopic (exact) mass is 383 g/mol. The van der Waals surface area contributed by atoms with Crippen molar-refractivity contribution in [3.05, 3.63) is 64.2 Å². The number of non-ortho nitro benzene ring substituents is 1. The van der Waals surface area contributed by atoms with E-state index in [2.05, 4.69) is 10.2 Å². The number of rotatable bonds is 8. The number of benzene rings is 2. The second kappa shape index (κ2) is 9.85. The minimum atomic E-state index is -0.467. The van der Waals surface area contributed by atoms with E-state index >= 15 is 0 Å². The van der Waals surface area contributed by atoms with E-state index in [0.717, 1.165) is 13.0 Å². The van der Waals surface area contributed by atoms with E-state index in [1.807, 2.05) is 0 Å². The zero-order chi connectivity index (χ0) is 19.8. The number of hydrogen-bond donors (Lipinski definition) is 1. The third-order valence-electron chi connectivity index (χ3n) is 4.77. The third kappa shape index (κ3) is 5.79. The molecule has 1 amide bonds. The molecule has 1 heterocycles. The van der Waals surface area contributed by atoms with Crippen LogP contribution in [0.25, 0.3) is 0 Å². The average Bonchev–Trinajstić information content (AvgIpc) is 2.72. The molecule has 1 aliphatic rings. The van der Waals surface area contributed by atoms with Gasteiger partial charge in [-0.3, -0.25) is 14.9 Å². The SMILES string of the molecule is O=C(NCCCN1CCCCC1)c1ccc(Oc2cccc([N+](=O)[O-])c2)cc1. The summed E-state index contributed by atoms with van der Waals surface area (Å²) in [7, 11) is 0. The summed E-state index contributed by atoms with van der Waals surface area (Å²) in [5.74, 6) is 0.784. The van der Waals surface area contributed by atoms with Crippen molar-refractivity contribution < 1.29 is 14.5 Å². The molecule has 0 atom stereocenters. The highest BCUT2D eigenvalue weighted by atomic mass is 16.6. The first-order valence-corrected chi connectivity index (χ1v) is 9.65. The van der Waals surface area contributed by atoms with E-state index in [4.69, 9.17) is 4.74 Å². The van der Waals surface area contributed by atoms with Crippen LogP contribution in [0.1, 0.15) is 36.0 Å². The molecule has 3 rings (SSSR count). The lowest BCUT2D eigenvalue weighted by atomic mass is 10.1. The number of ether oxygens (including phenoxy) is 1. The topological polar surface area (TPSA) is 84.7 Å². The smallest absolute Gasteiger partial charge is 0.273 e. The van der Waals surface area contributed by atoms with Crippen molar-refractivity contribution >= 4 is 11.6 Å². The Labute approximate surface area is 164 Å². The summed E-state index contributed by atoms with van der Waals surface area (Å²) < 4.78 is 5.63. The number of nitrogens with one attached hydrogen (secondary N) is 1. The molecule has 1 aliphatic heterocycles. The van der Waals surface area contributed by atoms with Crippen molar-refractivity contribution in [1.29, 1.82) is 0 Å². The van der Waals surface area contributed by atoms with Gasteiger partial charge in [0.15, 0.2) is 0 Å². The van der Waals surface area contributed by atoms with E-state index < -0.39 is 4.92 Å². The predicted molar refractivity (Wildman–Crippen MR) is 107 cm³/mol. The van der Waals surface area contributed by atoms with Gasteiger partial charge in [0.05, 0.1) is 11.0 Å². The number of amides is 1. The molecule has 0 saturated carbocycles. The van der Waals surface area contributed by atoms with E-state index in [-0.39, 0.29) is 11.6 Å². The maximum absolute atomic E-state index is 12.2. The van der Waals surface area contributed by atoms with E-state index in [0.29, 0.717) is 23.6 Å². The molecular weight excluding hydrogens is 358 g/mol. The Morgan fingerprint density at radius 2 is 1.82 bits per heavy atom. The quantitative estimate of drug-likeness (QED) is 0.423. The first-order chi connectivity index (χ1) is 13.6. The van der Waals surface area contributed by atoms with Crippen molar-refractivity contribution in [2.24, 2.45) is 0 Å². The Morgan fingerprint density at radius 1 is 1.07 bits per heavy atom. The Hall–Kier alpha value is -2.93. The fraction of sp³-hybridized carbons (Fsp3) is 0.381. The molecule has 28 heavy (non-hydrogen) atoms. The molecule has 0 bridgehead atoms. The highest BCUT2D eigenvalue weighted by Gasteiger charge is 2.11. The largest absolute Gasteiger partial charge is 0.457 e. The van der Waals surface area contributed by atoms with Crippen LogP contribution in [0.2, 0.25) is 0 Å². The predicted octanol–water partition coefficient (Wildman–Crippen LogP) is 3.99.